The lowest BCUT2D eigenvalue weighted by Crippen LogP contribution is -2.55. The maximum Gasteiger partial charge on any atom is 0.313 e. The van der Waals surface area contributed by atoms with E-state index < -0.39 is 10.8 Å². The molecular weight excluding hydrogens is 783 g/mol. The Morgan fingerprint density at radius 3 is 2.05 bits per heavy atom. The molecule has 3 aliphatic rings. The Bertz CT molecular complexity index is 2270. The first kappa shape index (κ1) is 45.4. The van der Waals surface area contributed by atoms with Gasteiger partial charge in [0.15, 0.2) is 13.5 Å². The Labute approximate surface area is 367 Å². The number of esters is 2. The molecule has 0 aliphatic carbocycles. The van der Waals surface area contributed by atoms with E-state index in [2.05, 4.69) is 45.9 Å². The molecule has 3 saturated heterocycles. The molecule has 0 N–H and O–H groups in total. The Balaban J connectivity index is 0.870. The molecule has 0 atom stereocenters. The first-order chi connectivity index (χ1) is 29.6. The first-order valence-electron chi connectivity index (χ1n) is 22.9. The van der Waals surface area contributed by atoms with Gasteiger partial charge < -0.3 is 19.3 Å². The molecule has 0 saturated carbocycles. The summed E-state index contributed by atoms with van der Waals surface area (Å²) in [5, 5.41) is 6.55. The second-order valence-electron chi connectivity index (χ2n) is 19.7. The van der Waals surface area contributed by atoms with Gasteiger partial charge in [-0.05, 0) is 148 Å². The van der Waals surface area contributed by atoms with Crippen molar-refractivity contribution in [1.82, 2.24) is 33.9 Å². The standard InChI is InChI=1S/C49H69N7O6/c1-35-28-36(2)44-39(29-35)31-55(50-44)33-61-46(59)48(3,4)18-10-11-19-49(5,6)47(60)62-34-56-42-13-9-8-12-38(42)30-41(45(56)58)37-14-22-52(23-15-37)32-43(57)54-26-24-53(25-27-54)40-16-20-51(7)21-17-40/h8-9,12-13,28-31,37,40H,10-11,14-27,32-34H2,1-7H3. The van der Waals surface area contributed by atoms with Crippen LogP contribution in [0.2, 0.25) is 0 Å². The summed E-state index contributed by atoms with van der Waals surface area (Å²) in [5.41, 5.74) is 3.00. The number of unbranched alkanes of at least 4 members (excludes halogenated alkanes) is 1. The third kappa shape index (κ3) is 10.8. The fraction of sp³-hybridized carbons (Fsp3) is 0.612. The van der Waals surface area contributed by atoms with E-state index in [-0.39, 0.29) is 42.8 Å². The van der Waals surface area contributed by atoms with E-state index in [1.165, 1.54) is 12.8 Å². The van der Waals surface area contributed by atoms with Gasteiger partial charge in [0, 0.05) is 49.4 Å². The predicted octanol–water partition coefficient (Wildman–Crippen LogP) is 6.70. The summed E-state index contributed by atoms with van der Waals surface area (Å²) in [7, 11) is 2.19. The summed E-state index contributed by atoms with van der Waals surface area (Å²) in [6, 6.07) is 14.6. The van der Waals surface area contributed by atoms with Crippen molar-refractivity contribution in [2.24, 2.45) is 10.8 Å². The lowest BCUT2D eigenvalue weighted by molar-refractivity contribution is -0.160. The van der Waals surface area contributed by atoms with Crippen LogP contribution in [0.25, 0.3) is 21.8 Å². The van der Waals surface area contributed by atoms with Gasteiger partial charge in [-0.3, -0.25) is 33.5 Å². The summed E-state index contributed by atoms with van der Waals surface area (Å²) in [5.74, 6) is -0.396. The zero-order chi connectivity index (χ0) is 44.2. The van der Waals surface area contributed by atoms with Crippen molar-refractivity contribution in [3.63, 3.8) is 0 Å². The van der Waals surface area contributed by atoms with Crippen LogP contribution >= 0.6 is 0 Å². The largest absolute Gasteiger partial charge is 0.443 e. The van der Waals surface area contributed by atoms with E-state index in [1.54, 1.807) is 9.25 Å². The number of pyridine rings is 1. The molecule has 5 heterocycles. The van der Waals surface area contributed by atoms with E-state index in [9.17, 15) is 19.2 Å². The van der Waals surface area contributed by atoms with Crippen LogP contribution in [0, 0.1) is 24.7 Å². The van der Waals surface area contributed by atoms with E-state index in [0.29, 0.717) is 25.4 Å². The number of amides is 1. The molecule has 0 radical (unpaired) electrons. The number of hydrogen-bond donors (Lipinski definition) is 0. The smallest absolute Gasteiger partial charge is 0.313 e. The number of aromatic nitrogens is 3. The van der Waals surface area contributed by atoms with E-state index >= 15 is 0 Å². The van der Waals surface area contributed by atoms with Crippen LogP contribution < -0.4 is 5.56 Å². The van der Waals surface area contributed by atoms with Gasteiger partial charge in [0.05, 0.1) is 28.4 Å². The quantitative estimate of drug-likeness (QED) is 0.0944. The minimum atomic E-state index is -0.787. The summed E-state index contributed by atoms with van der Waals surface area (Å²) in [4.78, 5) is 63.5. The number of carbonyl (C=O) groups is 3. The first-order valence-corrected chi connectivity index (χ1v) is 22.9. The molecule has 3 fully saturated rings. The third-order valence-electron chi connectivity index (χ3n) is 13.9. The fourth-order valence-corrected chi connectivity index (χ4v) is 9.75. The number of piperazine rings is 1. The Hall–Kier alpha value is -4.59. The van der Waals surface area contributed by atoms with Gasteiger partial charge in [-0.1, -0.05) is 42.7 Å². The van der Waals surface area contributed by atoms with Crippen LogP contribution in [0.1, 0.15) is 102 Å². The summed E-state index contributed by atoms with van der Waals surface area (Å²) in [6.07, 6.45) is 8.53. The van der Waals surface area contributed by atoms with Crippen LogP contribution in [-0.4, -0.2) is 124 Å². The van der Waals surface area contributed by atoms with Gasteiger partial charge in [-0.25, -0.2) is 4.68 Å². The van der Waals surface area contributed by atoms with Crippen LogP contribution in [0.15, 0.2) is 53.5 Å². The molecule has 13 nitrogen and oxygen atoms in total. The van der Waals surface area contributed by atoms with Crippen LogP contribution in [0.4, 0.5) is 0 Å². The number of fused-ring (bicyclic) bond motifs is 2. The van der Waals surface area contributed by atoms with Crippen molar-refractivity contribution in [2.45, 2.75) is 118 Å². The van der Waals surface area contributed by atoms with Crippen molar-refractivity contribution >= 4 is 39.7 Å². The molecule has 0 spiro atoms. The summed E-state index contributed by atoms with van der Waals surface area (Å²) in [6.45, 7) is 19.2. The molecule has 0 unspecified atom stereocenters. The van der Waals surface area contributed by atoms with Gasteiger partial charge in [0.1, 0.15) is 0 Å². The van der Waals surface area contributed by atoms with Crippen molar-refractivity contribution in [3.8, 4) is 0 Å². The molecule has 336 valence electrons. The zero-order valence-electron chi connectivity index (χ0n) is 38.3. The van der Waals surface area contributed by atoms with Gasteiger partial charge in [0.2, 0.25) is 5.91 Å². The Kier molecular flexibility index (Phi) is 14.2. The van der Waals surface area contributed by atoms with Crippen molar-refractivity contribution in [1.29, 1.82) is 0 Å². The lowest BCUT2D eigenvalue weighted by Gasteiger charge is -2.42. The van der Waals surface area contributed by atoms with Crippen LogP contribution in [-0.2, 0) is 37.3 Å². The molecule has 2 aromatic heterocycles. The number of rotatable bonds is 15. The highest BCUT2D eigenvalue weighted by molar-refractivity contribution is 5.82. The second kappa shape index (κ2) is 19.4. The van der Waals surface area contributed by atoms with Gasteiger partial charge in [-0.15, -0.1) is 0 Å². The van der Waals surface area contributed by atoms with Gasteiger partial charge in [0.25, 0.3) is 5.56 Å². The number of benzene rings is 2. The fourth-order valence-electron chi connectivity index (χ4n) is 9.75. The SMILES string of the molecule is Cc1cc(C)c2nn(COC(=O)C(C)(C)CCCCC(C)(C)C(=O)OCn3c(=O)c(C4CCN(CC(=O)N5CCN(C6CCN(C)CC6)CC5)CC4)cc4ccccc43)cc2c1. The third-order valence-corrected chi connectivity index (χ3v) is 13.9. The van der Waals surface area contributed by atoms with E-state index in [0.717, 1.165) is 117 Å². The molecule has 4 aromatic rings. The number of aryl methyl sites for hydroxylation is 2. The maximum absolute atomic E-state index is 14.2. The van der Waals surface area contributed by atoms with Crippen molar-refractivity contribution in [3.05, 3.63) is 75.7 Å². The average Bonchev–Trinajstić information content (AvgIpc) is 3.67. The van der Waals surface area contributed by atoms with Gasteiger partial charge >= 0.3 is 11.9 Å². The Morgan fingerprint density at radius 1 is 0.758 bits per heavy atom. The molecule has 62 heavy (non-hydrogen) atoms. The molecular formula is C49H69N7O6. The summed E-state index contributed by atoms with van der Waals surface area (Å²) >= 11 is 0. The highest BCUT2D eigenvalue weighted by Crippen LogP contribution is 2.32. The second-order valence-corrected chi connectivity index (χ2v) is 19.7. The minimum absolute atomic E-state index is 0.0499. The highest BCUT2D eigenvalue weighted by Gasteiger charge is 2.33. The highest BCUT2D eigenvalue weighted by atomic mass is 16.5. The number of ether oxygens (including phenoxy) is 2. The molecule has 1 amide bonds. The molecule has 2 aromatic carbocycles. The maximum atomic E-state index is 14.2. The normalized spacial score (nSPS) is 18.1. The summed E-state index contributed by atoms with van der Waals surface area (Å²) < 4.78 is 14.9. The van der Waals surface area contributed by atoms with Crippen LogP contribution in [0.5, 0.6) is 0 Å². The number of carbonyl (C=O) groups excluding carboxylic acids is 3. The average molecular weight is 852 g/mol. The number of piperidine rings is 2. The predicted molar refractivity (Wildman–Crippen MR) is 243 cm³/mol. The number of nitrogens with zero attached hydrogens (tertiary/aromatic N) is 7. The van der Waals surface area contributed by atoms with Gasteiger partial charge in [-0.2, -0.15) is 5.10 Å². The van der Waals surface area contributed by atoms with Crippen molar-refractivity contribution in [2.75, 3.05) is 66.0 Å². The molecule has 13 heteroatoms. The minimum Gasteiger partial charge on any atom is -0.443 e. The van der Waals surface area contributed by atoms with E-state index in [1.807, 2.05) is 76.0 Å². The van der Waals surface area contributed by atoms with Crippen LogP contribution in [0.3, 0.4) is 0 Å². The zero-order valence-corrected chi connectivity index (χ0v) is 38.3. The lowest BCUT2D eigenvalue weighted by atomic mass is 9.83. The number of para-hydroxylation sites is 1. The van der Waals surface area contributed by atoms with Crippen molar-refractivity contribution < 1.29 is 23.9 Å². The Morgan fingerprint density at radius 2 is 1.39 bits per heavy atom. The molecule has 7 rings (SSSR count). The number of likely N-dealkylation sites (tertiary alicyclic amines) is 2. The van der Waals surface area contributed by atoms with E-state index in [4.69, 9.17) is 9.47 Å². The molecule has 0 bridgehead atoms. The number of hydrogen-bond acceptors (Lipinski definition) is 10. The molecule has 3 aliphatic heterocycles. The monoisotopic (exact) mass is 852 g/mol. The topological polar surface area (TPSA) is 122 Å².